The van der Waals surface area contributed by atoms with Gasteiger partial charge in [0.2, 0.25) is 0 Å². The maximum atomic E-state index is 11.0. The molecule has 0 bridgehead atoms. The summed E-state index contributed by atoms with van der Waals surface area (Å²) in [6.45, 7) is 11.1. The Morgan fingerprint density at radius 3 is 1.37 bits per heavy atom. The normalized spacial score (nSPS) is 15.6. The Morgan fingerprint density at radius 1 is 0.567 bits per heavy atom. The van der Waals surface area contributed by atoms with Gasteiger partial charge in [0.05, 0.1) is 5.92 Å². The number of hydrogen-bond donors (Lipinski definition) is 1. The summed E-state index contributed by atoms with van der Waals surface area (Å²) < 4.78 is 0. The van der Waals surface area contributed by atoms with E-state index in [1.54, 1.807) is 0 Å². The third kappa shape index (κ3) is 19.4. The summed E-state index contributed by atoms with van der Waals surface area (Å²) in [4.78, 5) is 11.0. The maximum Gasteiger partial charge on any atom is 0.306 e. The molecule has 0 rings (SSSR count). The molecule has 0 aromatic carbocycles. The van der Waals surface area contributed by atoms with Gasteiger partial charge >= 0.3 is 5.97 Å². The number of hydrogen-bond acceptors (Lipinski definition) is 1. The summed E-state index contributed by atoms with van der Waals surface area (Å²) in [5.74, 6) is 1.17. The van der Waals surface area contributed by atoms with Gasteiger partial charge in [-0.25, -0.2) is 0 Å². The first-order valence-corrected chi connectivity index (χ1v) is 13.6. The second kappa shape index (κ2) is 20.4. The van der Waals surface area contributed by atoms with Crippen molar-refractivity contribution in [1.82, 2.24) is 0 Å². The van der Waals surface area contributed by atoms with Gasteiger partial charge in [-0.15, -0.1) is 0 Å². The van der Waals surface area contributed by atoms with E-state index in [1.165, 1.54) is 109 Å². The summed E-state index contributed by atoms with van der Waals surface area (Å²) in [5, 5.41) is 9.07. The van der Waals surface area contributed by atoms with Crippen LogP contribution in [0.5, 0.6) is 0 Å². The average molecular weight is 425 g/mol. The number of rotatable bonds is 22. The molecule has 0 heterocycles. The van der Waals surface area contributed by atoms with Crippen molar-refractivity contribution in [2.24, 2.45) is 23.7 Å². The lowest BCUT2D eigenvalue weighted by Crippen LogP contribution is -2.15. The van der Waals surface area contributed by atoms with Crippen molar-refractivity contribution in [3.63, 3.8) is 0 Å². The van der Waals surface area contributed by atoms with Gasteiger partial charge in [-0.3, -0.25) is 4.79 Å². The molecule has 0 aliphatic carbocycles. The van der Waals surface area contributed by atoms with Crippen molar-refractivity contribution in [1.29, 1.82) is 0 Å². The highest BCUT2D eigenvalue weighted by molar-refractivity contribution is 5.69. The van der Waals surface area contributed by atoms with Gasteiger partial charge in [0.15, 0.2) is 0 Å². The first-order chi connectivity index (χ1) is 14.4. The van der Waals surface area contributed by atoms with E-state index in [4.69, 9.17) is 5.11 Å². The summed E-state index contributed by atoms with van der Waals surface area (Å²) in [6.07, 6.45) is 24.7. The van der Waals surface area contributed by atoms with Gasteiger partial charge in [0.25, 0.3) is 0 Å². The third-order valence-electron chi connectivity index (χ3n) is 6.84. The summed E-state index contributed by atoms with van der Waals surface area (Å²) in [7, 11) is 0. The van der Waals surface area contributed by atoms with Gasteiger partial charge in [-0.05, 0) is 37.0 Å². The van der Waals surface area contributed by atoms with E-state index in [1.807, 2.05) is 6.92 Å². The van der Waals surface area contributed by atoms with Crippen molar-refractivity contribution >= 4 is 5.97 Å². The Morgan fingerprint density at radius 2 is 0.933 bits per heavy atom. The Balaban J connectivity index is 3.46. The molecule has 30 heavy (non-hydrogen) atoms. The van der Waals surface area contributed by atoms with Gasteiger partial charge < -0.3 is 5.11 Å². The van der Waals surface area contributed by atoms with E-state index >= 15 is 0 Å². The van der Waals surface area contributed by atoms with Crippen LogP contribution in [0.15, 0.2) is 0 Å². The summed E-state index contributed by atoms with van der Waals surface area (Å²) in [5.41, 5.74) is 0. The lowest BCUT2D eigenvalue weighted by molar-refractivity contribution is -0.141. The highest BCUT2D eigenvalue weighted by atomic mass is 16.4. The topological polar surface area (TPSA) is 37.3 Å². The van der Waals surface area contributed by atoms with Crippen LogP contribution < -0.4 is 0 Å². The zero-order valence-electron chi connectivity index (χ0n) is 21.4. The smallest absolute Gasteiger partial charge is 0.306 e. The van der Waals surface area contributed by atoms with Gasteiger partial charge in [0, 0.05) is 0 Å². The molecule has 0 spiro atoms. The third-order valence-corrected chi connectivity index (χ3v) is 6.84. The molecule has 0 aliphatic rings. The molecule has 2 heteroatoms. The summed E-state index contributed by atoms with van der Waals surface area (Å²) >= 11 is 0. The van der Waals surface area contributed by atoms with E-state index < -0.39 is 5.97 Å². The van der Waals surface area contributed by atoms with E-state index in [2.05, 4.69) is 27.7 Å². The van der Waals surface area contributed by atoms with E-state index in [0.717, 1.165) is 12.3 Å². The quantitative estimate of drug-likeness (QED) is 0.176. The van der Waals surface area contributed by atoms with Crippen molar-refractivity contribution in [3.05, 3.63) is 0 Å². The Bertz CT molecular complexity index is 379. The van der Waals surface area contributed by atoms with E-state index in [0.29, 0.717) is 11.8 Å². The second-order valence-electron chi connectivity index (χ2n) is 10.6. The Labute approximate surface area is 190 Å². The molecule has 0 radical (unpaired) electrons. The number of carboxylic acid groups (broad SMARTS) is 1. The molecule has 0 unspecified atom stereocenters. The zero-order valence-corrected chi connectivity index (χ0v) is 21.4. The maximum absolute atomic E-state index is 11.0. The fourth-order valence-corrected chi connectivity index (χ4v) is 5.08. The van der Waals surface area contributed by atoms with Crippen LogP contribution in [0.4, 0.5) is 0 Å². The number of aliphatic carboxylic acids is 1. The standard InChI is InChI=1S/C28H56O2/c1-6-7-8-9-10-11-12-13-14-15-16-17-18-19-20-24(2)21-25(3)22-26(4)23-27(5)28(29)30/h24-27H,6-23H2,1-5H3,(H,29,30)/t24-,25-,26-,27-/m1/s1. The fraction of sp³-hybridized carbons (Fsp3) is 0.964. The number of carbonyl (C=O) groups is 1. The van der Waals surface area contributed by atoms with Crippen LogP contribution in [-0.4, -0.2) is 11.1 Å². The van der Waals surface area contributed by atoms with Crippen molar-refractivity contribution < 1.29 is 9.90 Å². The van der Waals surface area contributed by atoms with Crippen molar-refractivity contribution in [3.8, 4) is 0 Å². The fourth-order valence-electron chi connectivity index (χ4n) is 5.08. The monoisotopic (exact) mass is 424 g/mol. The molecule has 0 aliphatic heterocycles. The lowest BCUT2D eigenvalue weighted by atomic mass is 9.84. The van der Waals surface area contributed by atoms with E-state index in [-0.39, 0.29) is 5.92 Å². The molecule has 180 valence electrons. The van der Waals surface area contributed by atoms with Crippen LogP contribution in [0.1, 0.15) is 150 Å². The zero-order chi connectivity index (χ0) is 22.6. The Hall–Kier alpha value is -0.530. The van der Waals surface area contributed by atoms with Crippen LogP contribution in [0.3, 0.4) is 0 Å². The molecule has 4 atom stereocenters. The highest BCUT2D eigenvalue weighted by Crippen LogP contribution is 2.26. The van der Waals surface area contributed by atoms with Crippen LogP contribution in [0, 0.1) is 23.7 Å². The van der Waals surface area contributed by atoms with Crippen LogP contribution in [0.25, 0.3) is 0 Å². The highest BCUT2D eigenvalue weighted by Gasteiger charge is 2.18. The molecular weight excluding hydrogens is 368 g/mol. The lowest BCUT2D eigenvalue weighted by Gasteiger charge is -2.21. The Kier molecular flexibility index (Phi) is 20.0. The number of carboxylic acids is 1. The van der Waals surface area contributed by atoms with Crippen molar-refractivity contribution in [2.45, 2.75) is 150 Å². The van der Waals surface area contributed by atoms with Crippen LogP contribution >= 0.6 is 0 Å². The first-order valence-electron chi connectivity index (χ1n) is 13.6. The number of unbranched alkanes of at least 4 members (excludes halogenated alkanes) is 13. The minimum atomic E-state index is -0.652. The predicted molar refractivity (Wildman–Crippen MR) is 133 cm³/mol. The average Bonchev–Trinajstić information content (AvgIpc) is 2.67. The minimum absolute atomic E-state index is 0.208. The molecule has 0 fully saturated rings. The van der Waals surface area contributed by atoms with Gasteiger partial charge in [-0.2, -0.15) is 0 Å². The van der Waals surface area contributed by atoms with Crippen LogP contribution in [0.2, 0.25) is 0 Å². The molecule has 0 saturated carbocycles. The molecule has 2 nitrogen and oxygen atoms in total. The largest absolute Gasteiger partial charge is 0.481 e. The molecule has 0 aromatic rings. The summed E-state index contributed by atoms with van der Waals surface area (Å²) in [6, 6.07) is 0. The van der Waals surface area contributed by atoms with Gasteiger partial charge in [-0.1, -0.05) is 131 Å². The SMILES string of the molecule is CCCCCCCCCCCCCCCC[C@@H](C)C[C@@H](C)C[C@@H](C)C[C@@H](C)C(=O)O. The predicted octanol–water partition coefficient (Wildman–Crippen LogP) is 9.66. The second-order valence-corrected chi connectivity index (χ2v) is 10.6. The van der Waals surface area contributed by atoms with Gasteiger partial charge in [0.1, 0.15) is 0 Å². The molecule has 0 amide bonds. The molecule has 0 aromatic heterocycles. The minimum Gasteiger partial charge on any atom is -0.481 e. The molecule has 1 N–H and O–H groups in total. The van der Waals surface area contributed by atoms with Crippen LogP contribution in [-0.2, 0) is 4.79 Å². The van der Waals surface area contributed by atoms with E-state index in [9.17, 15) is 4.79 Å². The molecule has 0 saturated heterocycles. The molecular formula is C28H56O2. The first kappa shape index (κ1) is 29.5. The van der Waals surface area contributed by atoms with Crippen molar-refractivity contribution in [2.75, 3.05) is 0 Å².